The average molecular weight is 345 g/mol. The maximum atomic E-state index is 13.7. The Balaban J connectivity index is 2.40. The van der Waals surface area contributed by atoms with Crippen molar-refractivity contribution in [2.24, 2.45) is 0 Å². The summed E-state index contributed by atoms with van der Waals surface area (Å²) >= 11 is 8.89. The third kappa shape index (κ3) is 3.24. The molecule has 0 unspecified atom stereocenters. The summed E-state index contributed by atoms with van der Waals surface area (Å²) in [5.41, 5.74) is 0.445. The Kier molecular flexibility index (Phi) is 4.07. The highest BCUT2D eigenvalue weighted by Gasteiger charge is 2.12. The molecule has 0 atom stereocenters. The van der Waals surface area contributed by atoms with Crippen LogP contribution < -0.4 is 5.32 Å². The van der Waals surface area contributed by atoms with Gasteiger partial charge >= 0.3 is 5.97 Å². The number of nitrogens with one attached hydrogen (secondary N) is 1. The van der Waals surface area contributed by atoms with Crippen molar-refractivity contribution in [3.05, 3.63) is 57.3 Å². The molecule has 0 saturated heterocycles. The normalized spacial score (nSPS) is 10.3. The number of carbonyl (C=O) groups is 1. The predicted octanol–water partition coefficient (Wildman–Crippen LogP) is 4.68. The predicted molar refractivity (Wildman–Crippen MR) is 75.8 cm³/mol. The van der Waals surface area contributed by atoms with Gasteiger partial charge in [-0.05, 0) is 36.4 Å². The molecule has 0 aliphatic heterocycles. The highest BCUT2D eigenvalue weighted by atomic mass is 79.9. The van der Waals surface area contributed by atoms with Crippen LogP contribution in [0.3, 0.4) is 0 Å². The second-order valence-electron chi connectivity index (χ2n) is 3.74. The van der Waals surface area contributed by atoms with Gasteiger partial charge in [0.25, 0.3) is 0 Å². The zero-order valence-electron chi connectivity index (χ0n) is 9.45. The summed E-state index contributed by atoms with van der Waals surface area (Å²) in [5, 5.41) is 12.1. The molecule has 2 aromatic rings. The fourth-order valence-corrected chi connectivity index (χ4v) is 2.04. The van der Waals surface area contributed by atoms with E-state index in [0.717, 1.165) is 0 Å². The first kappa shape index (κ1) is 13.8. The molecule has 0 aliphatic carbocycles. The molecule has 0 amide bonds. The number of carboxylic acids is 1. The van der Waals surface area contributed by atoms with E-state index in [4.69, 9.17) is 16.7 Å². The van der Waals surface area contributed by atoms with Crippen LogP contribution in [0.1, 0.15) is 10.4 Å². The number of carboxylic acid groups (broad SMARTS) is 1. The fraction of sp³-hybridized carbons (Fsp3) is 0. The summed E-state index contributed by atoms with van der Waals surface area (Å²) in [6, 6.07) is 8.80. The van der Waals surface area contributed by atoms with Crippen LogP contribution >= 0.6 is 27.5 Å². The number of halogens is 3. The monoisotopic (exact) mass is 343 g/mol. The van der Waals surface area contributed by atoms with Gasteiger partial charge in [-0.15, -0.1) is 0 Å². The van der Waals surface area contributed by atoms with E-state index in [-0.39, 0.29) is 16.9 Å². The van der Waals surface area contributed by atoms with Crippen LogP contribution in [-0.4, -0.2) is 11.1 Å². The van der Waals surface area contributed by atoms with Crippen LogP contribution in [-0.2, 0) is 0 Å². The lowest BCUT2D eigenvalue weighted by molar-refractivity contribution is 0.0698. The molecule has 0 heterocycles. The summed E-state index contributed by atoms with van der Waals surface area (Å²) < 4.78 is 14.3. The molecule has 6 heteroatoms. The SMILES string of the molecule is O=C(O)c1cc(Cl)ccc1Nc1ccc(Br)cc1F. The quantitative estimate of drug-likeness (QED) is 0.849. The summed E-state index contributed by atoms with van der Waals surface area (Å²) in [6.07, 6.45) is 0. The van der Waals surface area contributed by atoms with E-state index in [1.54, 1.807) is 6.07 Å². The van der Waals surface area contributed by atoms with Gasteiger partial charge in [0.1, 0.15) is 5.82 Å². The van der Waals surface area contributed by atoms with Crippen molar-refractivity contribution in [1.29, 1.82) is 0 Å². The Morgan fingerprint density at radius 2 is 1.89 bits per heavy atom. The summed E-state index contributed by atoms with van der Waals surface area (Å²) in [5.74, 6) is -1.62. The molecule has 0 bridgehead atoms. The third-order valence-corrected chi connectivity index (χ3v) is 3.14. The van der Waals surface area contributed by atoms with Crippen molar-refractivity contribution in [3.8, 4) is 0 Å². The van der Waals surface area contributed by atoms with E-state index in [1.807, 2.05) is 0 Å². The Bertz CT molecular complexity index is 649. The van der Waals surface area contributed by atoms with Crippen molar-refractivity contribution in [2.75, 3.05) is 5.32 Å². The molecule has 3 nitrogen and oxygen atoms in total. The van der Waals surface area contributed by atoms with Crippen molar-refractivity contribution >= 4 is 44.9 Å². The molecule has 0 aromatic heterocycles. The van der Waals surface area contributed by atoms with Crippen LogP contribution in [0.4, 0.5) is 15.8 Å². The van der Waals surface area contributed by atoms with Crippen LogP contribution in [0.2, 0.25) is 5.02 Å². The maximum Gasteiger partial charge on any atom is 0.337 e. The minimum Gasteiger partial charge on any atom is -0.478 e. The first-order valence-corrected chi connectivity index (χ1v) is 6.39. The molecule has 0 saturated carbocycles. The van der Waals surface area contributed by atoms with E-state index in [9.17, 15) is 9.18 Å². The number of benzene rings is 2. The average Bonchev–Trinajstić information content (AvgIpc) is 2.34. The topological polar surface area (TPSA) is 49.3 Å². The summed E-state index contributed by atoms with van der Waals surface area (Å²) in [7, 11) is 0. The van der Waals surface area contributed by atoms with Gasteiger partial charge in [0, 0.05) is 9.50 Å². The lowest BCUT2D eigenvalue weighted by atomic mass is 10.1. The molecule has 0 aliphatic rings. The van der Waals surface area contributed by atoms with Crippen molar-refractivity contribution in [2.45, 2.75) is 0 Å². The molecular formula is C13H8BrClFNO2. The second kappa shape index (κ2) is 5.59. The zero-order valence-corrected chi connectivity index (χ0v) is 11.8. The van der Waals surface area contributed by atoms with Crippen LogP contribution in [0.15, 0.2) is 40.9 Å². The van der Waals surface area contributed by atoms with Crippen LogP contribution in [0.5, 0.6) is 0 Å². The Morgan fingerprint density at radius 1 is 1.21 bits per heavy atom. The molecule has 19 heavy (non-hydrogen) atoms. The van der Waals surface area contributed by atoms with Crippen LogP contribution in [0, 0.1) is 5.82 Å². The van der Waals surface area contributed by atoms with E-state index >= 15 is 0 Å². The minimum absolute atomic E-state index is 0.0187. The summed E-state index contributed by atoms with van der Waals surface area (Å²) in [4.78, 5) is 11.1. The smallest absolute Gasteiger partial charge is 0.337 e. The van der Waals surface area contributed by atoms with Gasteiger partial charge in [-0.25, -0.2) is 9.18 Å². The molecule has 0 spiro atoms. The molecule has 98 valence electrons. The van der Waals surface area contributed by atoms with E-state index in [2.05, 4.69) is 21.2 Å². The lowest BCUT2D eigenvalue weighted by Crippen LogP contribution is -2.03. The molecule has 2 aromatic carbocycles. The van der Waals surface area contributed by atoms with Gasteiger partial charge in [0.15, 0.2) is 0 Å². The Labute approximate surface area is 122 Å². The standard InChI is InChI=1S/C13H8BrClFNO2/c14-7-1-3-12(10(16)5-7)17-11-4-2-8(15)6-9(11)13(18)19/h1-6,17H,(H,18,19). The van der Waals surface area contributed by atoms with E-state index in [0.29, 0.717) is 9.50 Å². The van der Waals surface area contributed by atoms with Gasteiger partial charge < -0.3 is 10.4 Å². The lowest BCUT2D eigenvalue weighted by Gasteiger charge is -2.11. The maximum absolute atomic E-state index is 13.7. The highest BCUT2D eigenvalue weighted by molar-refractivity contribution is 9.10. The van der Waals surface area contributed by atoms with Crippen molar-refractivity contribution in [1.82, 2.24) is 0 Å². The highest BCUT2D eigenvalue weighted by Crippen LogP contribution is 2.27. The largest absolute Gasteiger partial charge is 0.478 e. The molecule has 2 rings (SSSR count). The molecular weight excluding hydrogens is 337 g/mol. The van der Waals surface area contributed by atoms with Gasteiger partial charge in [0.05, 0.1) is 16.9 Å². The third-order valence-electron chi connectivity index (χ3n) is 2.41. The zero-order chi connectivity index (χ0) is 14.0. The summed E-state index contributed by atoms with van der Waals surface area (Å²) in [6.45, 7) is 0. The first-order chi connectivity index (χ1) is 8.97. The van der Waals surface area contributed by atoms with Gasteiger partial charge in [0.2, 0.25) is 0 Å². The number of anilines is 2. The first-order valence-electron chi connectivity index (χ1n) is 5.22. The number of hydrogen-bond acceptors (Lipinski definition) is 2. The number of aromatic carboxylic acids is 1. The Morgan fingerprint density at radius 3 is 2.53 bits per heavy atom. The molecule has 0 fully saturated rings. The van der Waals surface area contributed by atoms with Crippen LogP contribution in [0.25, 0.3) is 0 Å². The fourth-order valence-electron chi connectivity index (χ4n) is 1.54. The van der Waals surface area contributed by atoms with Gasteiger partial charge in [-0.2, -0.15) is 0 Å². The number of rotatable bonds is 3. The van der Waals surface area contributed by atoms with Crippen molar-refractivity contribution in [3.63, 3.8) is 0 Å². The minimum atomic E-state index is -1.14. The van der Waals surface area contributed by atoms with E-state index < -0.39 is 11.8 Å². The molecule has 0 radical (unpaired) electrons. The second-order valence-corrected chi connectivity index (χ2v) is 5.10. The van der Waals surface area contributed by atoms with Crippen molar-refractivity contribution < 1.29 is 14.3 Å². The van der Waals surface area contributed by atoms with E-state index in [1.165, 1.54) is 30.3 Å². The number of hydrogen-bond donors (Lipinski definition) is 2. The van der Waals surface area contributed by atoms with Gasteiger partial charge in [-0.1, -0.05) is 27.5 Å². The van der Waals surface area contributed by atoms with Gasteiger partial charge in [-0.3, -0.25) is 0 Å². The molecule has 2 N–H and O–H groups in total. The Hall–Kier alpha value is -1.59.